The molecular formula is C23H22N4O6S. The van der Waals surface area contributed by atoms with Crippen molar-refractivity contribution < 1.29 is 28.6 Å². The molecular weight excluding hydrogens is 460 g/mol. The highest BCUT2D eigenvalue weighted by molar-refractivity contribution is 8.15. The van der Waals surface area contributed by atoms with Gasteiger partial charge in [-0.25, -0.2) is 9.79 Å². The average Bonchev–Trinajstić information content (AvgIpc) is 3.46. The zero-order valence-corrected chi connectivity index (χ0v) is 19.8. The van der Waals surface area contributed by atoms with Crippen LogP contribution < -0.4 is 9.47 Å². The fourth-order valence-corrected chi connectivity index (χ4v) is 3.88. The first kappa shape index (κ1) is 23.5. The number of rotatable bonds is 5. The number of methoxy groups -OCH3 is 2. The number of aromatic nitrogens is 2. The Hall–Kier alpha value is -3.70. The van der Waals surface area contributed by atoms with Gasteiger partial charge in [-0.3, -0.25) is 0 Å². The Morgan fingerprint density at radius 3 is 2.62 bits per heavy atom. The summed E-state index contributed by atoms with van der Waals surface area (Å²) >= 11 is 1.24. The van der Waals surface area contributed by atoms with Crippen LogP contribution in [0.4, 0.5) is 10.5 Å². The zero-order chi connectivity index (χ0) is 24.2. The van der Waals surface area contributed by atoms with E-state index in [1.54, 1.807) is 37.4 Å². The van der Waals surface area contributed by atoms with E-state index in [1.165, 1.54) is 26.0 Å². The monoisotopic (exact) mass is 482 g/mol. The maximum Gasteiger partial charge on any atom is 0.434 e. The van der Waals surface area contributed by atoms with E-state index in [-0.39, 0.29) is 6.61 Å². The third-order valence-corrected chi connectivity index (χ3v) is 5.65. The topological polar surface area (TPSA) is 129 Å². The Kier molecular flexibility index (Phi) is 6.94. The highest BCUT2D eigenvalue weighted by Gasteiger charge is 2.28. The van der Waals surface area contributed by atoms with Gasteiger partial charge in [-0.05, 0) is 42.7 Å². The number of aryl methyl sites for hydroxylation is 1. The van der Waals surface area contributed by atoms with E-state index in [0.717, 1.165) is 5.56 Å². The van der Waals surface area contributed by atoms with Crippen LogP contribution in [0.25, 0.3) is 11.4 Å². The Morgan fingerprint density at radius 2 is 2.00 bits per heavy atom. The van der Waals surface area contributed by atoms with Crippen molar-refractivity contribution in [2.45, 2.75) is 13.0 Å². The highest BCUT2D eigenvalue weighted by Crippen LogP contribution is 2.41. The number of aliphatic imine (C=N–C) groups is 2. The summed E-state index contributed by atoms with van der Waals surface area (Å²) in [7, 11) is 2.77. The summed E-state index contributed by atoms with van der Waals surface area (Å²) in [5.41, 5.74) is 2.94. The predicted molar refractivity (Wildman–Crippen MR) is 127 cm³/mol. The van der Waals surface area contributed by atoms with Gasteiger partial charge >= 0.3 is 6.09 Å². The second-order valence-corrected chi connectivity index (χ2v) is 7.95. The van der Waals surface area contributed by atoms with Gasteiger partial charge in [-0.1, -0.05) is 5.16 Å². The molecule has 1 amide bonds. The molecule has 0 radical (unpaired) electrons. The first-order chi connectivity index (χ1) is 16.4. The SMILES string of the molecule is COC(=O)/N=C(SC)/C(=N\c1ccc(-c2noc(C)n2)cc1)c1cc(OC)c2c(c1)C(O)CO2. The van der Waals surface area contributed by atoms with E-state index in [1.807, 2.05) is 12.1 Å². The van der Waals surface area contributed by atoms with E-state index < -0.39 is 12.2 Å². The van der Waals surface area contributed by atoms with Crippen LogP contribution in [0.2, 0.25) is 0 Å². The standard InChI is InChI=1S/C23H22N4O6S/c1-12-24-21(27-33-12)13-5-7-15(8-6-13)25-19(22(34-4)26-23(29)31-3)14-9-16-17(28)11-32-20(16)18(10-14)30-2/h5-10,17,28H,11H2,1-4H3/b25-19-,26-22-. The Balaban J connectivity index is 1.82. The zero-order valence-electron chi connectivity index (χ0n) is 18.9. The lowest BCUT2D eigenvalue weighted by Gasteiger charge is -2.13. The van der Waals surface area contributed by atoms with Gasteiger partial charge in [0.05, 0.1) is 19.9 Å². The number of aliphatic hydroxyl groups is 1. The molecule has 10 nitrogen and oxygen atoms in total. The fourth-order valence-electron chi connectivity index (χ4n) is 3.36. The molecule has 3 aromatic rings. The second-order valence-electron chi connectivity index (χ2n) is 7.16. The van der Waals surface area contributed by atoms with Gasteiger partial charge in [0.2, 0.25) is 11.7 Å². The summed E-state index contributed by atoms with van der Waals surface area (Å²) in [6.07, 6.45) is 0.219. The fraction of sp³-hybridized carbons (Fsp3) is 0.261. The molecule has 0 saturated heterocycles. The molecule has 176 valence electrons. The lowest BCUT2D eigenvalue weighted by Crippen LogP contribution is -2.15. The number of nitrogens with zero attached hydrogens (tertiary/aromatic N) is 4. The molecule has 1 aromatic heterocycles. The first-order valence-corrected chi connectivity index (χ1v) is 11.4. The molecule has 0 fully saturated rings. The van der Waals surface area contributed by atoms with Crippen molar-refractivity contribution in [1.29, 1.82) is 0 Å². The van der Waals surface area contributed by atoms with E-state index in [9.17, 15) is 9.90 Å². The summed E-state index contributed by atoms with van der Waals surface area (Å²) in [6, 6.07) is 10.7. The molecule has 34 heavy (non-hydrogen) atoms. The number of thioether (sulfide) groups is 1. The number of carbonyl (C=O) groups is 1. The number of hydrogen-bond donors (Lipinski definition) is 1. The highest BCUT2D eigenvalue weighted by atomic mass is 32.2. The van der Waals surface area contributed by atoms with Crippen LogP contribution in [0, 0.1) is 6.92 Å². The molecule has 1 atom stereocenters. The van der Waals surface area contributed by atoms with Gasteiger partial charge in [0, 0.05) is 23.6 Å². The quantitative estimate of drug-likeness (QED) is 0.421. The van der Waals surface area contributed by atoms with Gasteiger partial charge in [0.25, 0.3) is 0 Å². The van der Waals surface area contributed by atoms with Crippen LogP contribution in [0.5, 0.6) is 11.5 Å². The number of hydrogen-bond acceptors (Lipinski definition) is 10. The molecule has 4 rings (SSSR count). The summed E-state index contributed by atoms with van der Waals surface area (Å²) in [5.74, 6) is 1.87. The van der Waals surface area contributed by atoms with Gasteiger partial charge in [-0.2, -0.15) is 9.98 Å². The summed E-state index contributed by atoms with van der Waals surface area (Å²) in [6.45, 7) is 1.85. The van der Waals surface area contributed by atoms with Crippen LogP contribution in [-0.4, -0.2) is 59.2 Å². The van der Waals surface area contributed by atoms with Crippen LogP contribution in [0.15, 0.2) is 50.9 Å². The summed E-state index contributed by atoms with van der Waals surface area (Å²) in [5, 5.41) is 14.6. The summed E-state index contributed by atoms with van der Waals surface area (Å²) in [4.78, 5) is 25.0. The van der Waals surface area contributed by atoms with Crippen molar-refractivity contribution in [2.24, 2.45) is 9.98 Å². The van der Waals surface area contributed by atoms with Crippen LogP contribution >= 0.6 is 11.8 Å². The molecule has 1 unspecified atom stereocenters. The van der Waals surface area contributed by atoms with Gasteiger partial charge in [0.1, 0.15) is 23.5 Å². The van der Waals surface area contributed by atoms with E-state index in [2.05, 4.69) is 15.1 Å². The lowest BCUT2D eigenvalue weighted by molar-refractivity contribution is 0.139. The molecule has 1 N–H and O–H groups in total. The lowest BCUT2D eigenvalue weighted by atomic mass is 10.0. The minimum absolute atomic E-state index is 0.129. The molecule has 0 saturated carbocycles. The predicted octanol–water partition coefficient (Wildman–Crippen LogP) is 4.13. The molecule has 2 aromatic carbocycles. The molecule has 1 aliphatic heterocycles. The van der Waals surface area contributed by atoms with Crippen LogP contribution in [0.3, 0.4) is 0 Å². The molecule has 0 spiro atoms. The smallest absolute Gasteiger partial charge is 0.434 e. The van der Waals surface area contributed by atoms with Gasteiger partial charge in [0.15, 0.2) is 11.5 Å². The number of amides is 1. The Bertz CT molecular complexity index is 1270. The van der Waals surface area contributed by atoms with Crippen molar-refractivity contribution in [1.82, 2.24) is 10.1 Å². The molecule has 1 aliphatic rings. The number of carbonyl (C=O) groups excluding carboxylic acids is 1. The largest absolute Gasteiger partial charge is 0.493 e. The van der Waals surface area contributed by atoms with Crippen molar-refractivity contribution in [2.75, 3.05) is 27.1 Å². The third-order valence-electron chi connectivity index (χ3n) is 4.98. The van der Waals surface area contributed by atoms with Crippen molar-refractivity contribution >= 4 is 34.3 Å². The Morgan fingerprint density at radius 1 is 1.24 bits per heavy atom. The minimum Gasteiger partial charge on any atom is -0.493 e. The van der Waals surface area contributed by atoms with Gasteiger partial charge in [-0.15, -0.1) is 11.8 Å². The maximum atomic E-state index is 11.9. The first-order valence-electron chi connectivity index (χ1n) is 10.2. The summed E-state index contributed by atoms with van der Waals surface area (Å²) < 4.78 is 20.8. The number of aliphatic hydroxyl groups excluding tert-OH is 1. The second kappa shape index (κ2) is 10.1. The van der Waals surface area contributed by atoms with Crippen LogP contribution in [0.1, 0.15) is 23.1 Å². The molecule has 11 heteroatoms. The van der Waals surface area contributed by atoms with E-state index in [0.29, 0.717) is 50.8 Å². The normalized spacial score (nSPS) is 15.6. The number of ether oxygens (including phenoxy) is 3. The Labute approximate surface area is 199 Å². The third kappa shape index (κ3) is 4.80. The van der Waals surface area contributed by atoms with E-state index >= 15 is 0 Å². The molecule has 0 aliphatic carbocycles. The van der Waals surface area contributed by atoms with Gasteiger partial charge < -0.3 is 23.8 Å². The molecule has 0 bridgehead atoms. The average molecular weight is 483 g/mol. The van der Waals surface area contributed by atoms with Crippen molar-refractivity contribution in [3.63, 3.8) is 0 Å². The minimum atomic E-state index is -0.807. The number of benzene rings is 2. The van der Waals surface area contributed by atoms with E-state index in [4.69, 9.17) is 23.7 Å². The van der Waals surface area contributed by atoms with Crippen molar-refractivity contribution in [3.8, 4) is 22.9 Å². The number of fused-ring (bicyclic) bond motifs is 1. The van der Waals surface area contributed by atoms with Crippen molar-refractivity contribution in [3.05, 3.63) is 53.4 Å². The van der Waals surface area contributed by atoms with Crippen LogP contribution in [-0.2, 0) is 4.74 Å². The maximum absolute atomic E-state index is 11.9. The molecule has 2 heterocycles.